The van der Waals surface area contributed by atoms with Gasteiger partial charge in [-0.15, -0.1) is 0 Å². The van der Waals surface area contributed by atoms with Gasteiger partial charge in [-0.2, -0.15) is 0 Å². The number of hydrogen-bond acceptors (Lipinski definition) is 2. The Balaban J connectivity index is 1.09. The molecule has 15 aromatic rings. The summed E-state index contributed by atoms with van der Waals surface area (Å²) in [7, 11) is 0. The van der Waals surface area contributed by atoms with Crippen molar-refractivity contribution in [3.63, 3.8) is 0 Å². The van der Waals surface area contributed by atoms with Gasteiger partial charge in [0, 0.05) is 77.9 Å². The zero-order chi connectivity index (χ0) is 83.1. The van der Waals surface area contributed by atoms with Crippen molar-refractivity contribution in [2.45, 2.75) is 190 Å². The predicted octanol–water partition coefficient (Wildman–Crippen LogP) is 29.8. The summed E-state index contributed by atoms with van der Waals surface area (Å²) in [6.45, 7) is 50.1. The Morgan fingerprint density at radius 3 is 0.729 bits per heavy atom. The van der Waals surface area contributed by atoms with E-state index >= 15 is 0 Å². The topological polar surface area (TPSA) is 16.3 Å². The summed E-state index contributed by atoms with van der Waals surface area (Å²) in [5, 5.41) is 4.97. The molecule has 4 nitrogen and oxygen atoms in total. The minimum absolute atomic E-state index is 0.0243. The number of anilines is 6. The Kier molecular flexibility index (Phi) is 19.9. The van der Waals surface area contributed by atoms with Crippen LogP contribution in [0.1, 0.15) is 184 Å². The first-order valence-corrected chi connectivity index (χ1v) is 43.5. The molecule has 0 saturated heterocycles. The molecular weight excluding hydrogens is 1420 g/mol. The van der Waals surface area contributed by atoms with Crippen LogP contribution in [-0.2, 0) is 44.9 Å². The number of rotatable bonds is 15. The number of benzene rings is 13. The van der Waals surface area contributed by atoms with Crippen molar-refractivity contribution in [1.82, 2.24) is 9.13 Å². The first-order valence-electron chi connectivity index (χ1n) is 43.5. The Hall–Kier alpha value is -10.9. The summed E-state index contributed by atoms with van der Waals surface area (Å²) < 4.78 is 5.10. The second-order valence-electron chi connectivity index (χ2n) is 43.4. The minimum atomic E-state index is -0.250. The third-order valence-electron chi connectivity index (χ3n) is 23.7. The number of fused-ring (bicyclic) bond motifs is 10. The molecule has 596 valence electrons. The second kappa shape index (κ2) is 29.6. The molecule has 0 amide bonds. The number of nitrogens with zero attached hydrogens (tertiary/aromatic N) is 4. The molecule has 0 saturated carbocycles. The molecule has 4 heterocycles. The van der Waals surface area contributed by atoms with E-state index in [1.807, 2.05) is 0 Å². The molecule has 2 aromatic heterocycles. The van der Waals surface area contributed by atoms with Gasteiger partial charge >= 0.3 is 0 Å². The molecule has 2 aliphatic rings. The molecule has 0 N–H and O–H groups in total. The van der Waals surface area contributed by atoms with Gasteiger partial charge in [0.05, 0.1) is 33.4 Å². The summed E-state index contributed by atoms with van der Waals surface area (Å²) in [5.74, 6) is 0. The fourth-order valence-corrected chi connectivity index (χ4v) is 19.9. The lowest BCUT2D eigenvalue weighted by molar-refractivity contribution is 0.410. The highest BCUT2D eigenvalue weighted by atomic mass is 15.2. The molecule has 5 heteroatoms. The summed E-state index contributed by atoms with van der Waals surface area (Å²) in [5.41, 5.74) is 37.0. The van der Waals surface area contributed by atoms with Crippen molar-refractivity contribution >= 4 is 101 Å². The average Bonchev–Trinajstić information content (AvgIpc) is 0.782. The Morgan fingerprint density at radius 2 is 0.466 bits per heavy atom. The van der Waals surface area contributed by atoms with Gasteiger partial charge in [-0.05, 0) is 245 Å². The van der Waals surface area contributed by atoms with Crippen LogP contribution < -0.4 is 26.2 Å². The van der Waals surface area contributed by atoms with Crippen LogP contribution in [0.2, 0.25) is 0 Å². The fourth-order valence-electron chi connectivity index (χ4n) is 19.9. The largest absolute Gasteiger partial charge is 0.310 e. The monoisotopic (exact) mass is 1540 g/mol. The van der Waals surface area contributed by atoms with Gasteiger partial charge in [0.25, 0.3) is 6.71 Å². The molecule has 0 spiro atoms. The molecule has 17 rings (SSSR count). The predicted molar refractivity (Wildman–Crippen MR) is 513 cm³/mol. The average molecular weight is 1550 g/mol. The molecule has 0 bridgehead atoms. The molecule has 13 aromatic carbocycles. The summed E-state index contributed by atoms with van der Waals surface area (Å²) >= 11 is 0. The maximum atomic E-state index is 2.84. The van der Waals surface area contributed by atoms with E-state index in [0.29, 0.717) is 0 Å². The molecule has 0 fully saturated rings. The number of para-hydroxylation sites is 4. The molecule has 2 aliphatic heterocycles. The van der Waals surface area contributed by atoms with Crippen molar-refractivity contribution in [3.05, 3.63) is 306 Å². The Labute approximate surface area is 705 Å². The molecule has 0 atom stereocenters. The third kappa shape index (κ3) is 16.1. The fraction of sp³-hybridized carbons (Fsp3) is 0.310. The zero-order valence-electron chi connectivity index (χ0n) is 74.2. The van der Waals surface area contributed by atoms with Crippen LogP contribution in [0.5, 0.6) is 0 Å². The van der Waals surface area contributed by atoms with E-state index in [9.17, 15) is 0 Å². The first-order chi connectivity index (χ1) is 55.8. The molecule has 0 unspecified atom stereocenters. The Bertz CT molecular complexity index is 5770. The molecule has 0 aliphatic carbocycles. The van der Waals surface area contributed by atoms with E-state index in [1.165, 1.54) is 178 Å². The maximum absolute atomic E-state index is 2.84. The normalized spacial score (nSPS) is 13.5. The second-order valence-corrected chi connectivity index (χ2v) is 43.4. The van der Waals surface area contributed by atoms with Crippen LogP contribution in [-0.4, -0.2) is 15.8 Å². The van der Waals surface area contributed by atoms with Gasteiger partial charge < -0.3 is 18.9 Å². The van der Waals surface area contributed by atoms with Crippen LogP contribution in [0.3, 0.4) is 0 Å². The number of hydrogen-bond donors (Lipinski definition) is 0. The van der Waals surface area contributed by atoms with Gasteiger partial charge in [-0.25, -0.2) is 0 Å². The molecular formula is C113H121BN4. The van der Waals surface area contributed by atoms with Crippen LogP contribution in [0, 0.1) is 37.9 Å². The lowest BCUT2D eigenvalue weighted by Crippen LogP contribution is -2.61. The van der Waals surface area contributed by atoms with Crippen LogP contribution in [0.15, 0.2) is 267 Å². The maximum Gasteiger partial charge on any atom is 0.252 e. The van der Waals surface area contributed by atoms with E-state index in [2.05, 4.69) is 431 Å². The Morgan fingerprint density at radius 1 is 0.220 bits per heavy atom. The minimum Gasteiger partial charge on any atom is -0.310 e. The standard InChI is InChI=1S/C113H121BN4/c1-107(2,3)66-73-34-30-38-80(54-73)90-58-77(70-111(13,14)15)59-91(81-39-31-35-74(55-81)67-108(4,5)6)105(90)117-100-64-84(115-96-46-26-22-42-86(96)87-43-23-27-47-97(87)115)50-52-94(100)114-95-53-51-85(116-98-48-28-24-44-88(98)89-45-25-29-49-99(89)116)65-101(95)118(103-63-79(72-113(19,20)21)62-102(117)104(103)114)106-92(82-40-32-36-75(56-82)68-109(7,8)9)60-78(71-112(16,17)18)61-93(106)83-41-33-37-76(57-83)69-110(10,11)12/h22-65H,66-72H2,1-21H3. The van der Waals surface area contributed by atoms with Gasteiger partial charge in [-0.3, -0.25) is 0 Å². The summed E-state index contributed by atoms with van der Waals surface area (Å²) in [6, 6.07) is 106. The first kappa shape index (κ1) is 79.6. The van der Waals surface area contributed by atoms with Crippen molar-refractivity contribution in [2.24, 2.45) is 37.9 Å². The van der Waals surface area contributed by atoms with Gasteiger partial charge in [-0.1, -0.05) is 327 Å². The van der Waals surface area contributed by atoms with Gasteiger partial charge in [0.2, 0.25) is 0 Å². The van der Waals surface area contributed by atoms with Crippen molar-refractivity contribution in [3.8, 4) is 55.9 Å². The summed E-state index contributed by atoms with van der Waals surface area (Å²) in [6.07, 6.45) is 6.37. The lowest BCUT2D eigenvalue weighted by atomic mass is 9.33. The van der Waals surface area contributed by atoms with Crippen molar-refractivity contribution < 1.29 is 0 Å². The molecule has 0 radical (unpaired) electrons. The van der Waals surface area contributed by atoms with Gasteiger partial charge in [0.1, 0.15) is 0 Å². The highest BCUT2D eigenvalue weighted by Crippen LogP contribution is 2.56. The van der Waals surface area contributed by atoms with E-state index in [0.717, 1.165) is 56.3 Å². The van der Waals surface area contributed by atoms with E-state index in [-0.39, 0.29) is 44.6 Å². The van der Waals surface area contributed by atoms with E-state index in [4.69, 9.17) is 0 Å². The van der Waals surface area contributed by atoms with Crippen molar-refractivity contribution in [2.75, 3.05) is 9.80 Å². The van der Waals surface area contributed by atoms with Crippen molar-refractivity contribution in [1.29, 1.82) is 0 Å². The SMILES string of the molecule is CC(C)(C)Cc1cccc(-c2cc(CC(C)(C)C)cc(-c3cccc(CC(C)(C)C)c3)c2N2c3cc(-n4c5ccccc5c5ccccc54)ccc3B3c4ccc(-n5c6ccccc6c6ccccc65)cc4N(c4c(-c5cccc(CC(C)(C)C)c5)cc(CC(C)(C)C)cc4-c4cccc(CC(C)(C)C)c4)c4cc(CC(C)(C)C)cc2c43)c1. The quantitative estimate of drug-likeness (QED) is 0.0951. The van der Waals surface area contributed by atoms with Crippen LogP contribution in [0.4, 0.5) is 34.1 Å². The smallest absolute Gasteiger partial charge is 0.252 e. The highest BCUT2D eigenvalue weighted by molar-refractivity contribution is 7.00. The lowest BCUT2D eigenvalue weighted by Gasteiger charge is -2.46. The van der Waals surface area contributed by atoms with Gasteiger partial charge in [0.15, 0.2) is 0 Å². The molecule has 118 heavy (non-hydrogen) atoms. The van der Waals surface area contributed by atoms with Crippen LogP contribution >= 0.6 is 0 Å². The van der Waals surface area contributed by atoms with E-state index < -0.39 is 0 Å². The highest BCUT2D eigenvalue weighted by Gasteiger charge is 2.47. The van der Waals surface area contributed by atoms with Crippen LogP contribution in [0.25, 0.3) is 99.5 Å². The number of aromatic nitrogens is 2. The zero-order valence-corrected chi connectivity index (χ0v) is 74.2. The van der Waals surface area contributed by atoms with E-state index in [1.54, 1.807) is 0 Å². The summed E-state index contributed by atoms with van der Waals surface area (Å²) in [4.78, 5) is 5.67. The third-order valence-corrected chi connectivity index (χ3v) is 23.7.